The maximum absolute atomic E-state index is 11.5. The zero-order chi connectivity index (χ0) is 12.2. The van der Waals surface area contributed by atoms with Gasteiger partial charge in [-0.3, -0.25) is 5.32 Å². The normalized spacial score (nSPS) is 11.0. The summed E-state index contributed by atoms with van der Waals surface area (Å²) in [4.78, 5) is 15.5. The highest BCUT2D eigenvalue weighted by Gasteiger charge is 2.17. The summed E-state index contributed by atoms with van der Waals surface area (Å²) in [6, 6.07) is 3.57. The van der Waals surface area contributed by atoms with E-state index in [1.807, 2.05) is 0 Å². The van der Waals surface area contributed by atoms with Crippen molar-refractivity contribution < 1.29 is 9.53 Å². The first-order chi connectivity index (χ1) is 7.42. The summed E-state index contributed by atoms with van der Waals surface area (Å²) in [7, 11) is 0. The van der Waals surface area contributed by atoms with Crippen LogP contribution in [0.3, 0.4) is 0 Å². The molecule has 88 valence electrons. The van der Waals surface area contributed by atoms with Crippen molar-refractivity contribution in [2.24, 2.45) is 5.73 Å². The van der Waals surface area contributed by atoms with E-state index in [1.165, 1.54) is 0 Å². The van der Waals surface area contributed by atoms with Crippen molar-refractivity contribution in [3.05, 3.63) is 23.9 Å². The highest BCUT2D eigenvalue weighted by Crippen LogP contribution is 2.13. The van der Waals surface area contributed by atoms with Gasteiger partial charge in [0.2, 0.25) is 0 Å². The molecule has 0 spiro atoms. The maximum Gasteiger partial charge on any atom is 0.413 e. The molecule has 1 rings (SSSR count). The lowest BCUT2D eigenvalue weighted by Crippen LogP contribution is -2.28. The number of ether oxygens (including phenoxy) is 1. The molecule has 0 radical (unpaired) electrons. The van der Waals surface area contributed by atoms with E-state index < -0.39 is 11.7 Å². The van der Waals surface area contributed by atoms with E-state index in [2.05, 4.69) is 10.3 Å². The zero-order valence-corrected chi connectivity index (χ0v) is 9.78. The molecule has 0 aliphatic rings. The number of nitrogens with zero attached hydrogens (tertiary/aromatic N) is 1. The SMILES string of the molecule is CC(C)(C)OC(=O)Nc1ncccc1CN. The second kappa shape index (κ2) is 4.94. The van der Waals surface area contributed by atoms with Crippen molar-refractivity contribution in [2.45, 2.75) is 32.9 Å². The van der Waals surface area contributed by atoms with E-state index in [9.17, 15) is 4.79 Å². The smallest absolute Gasteiger partial charge is 0.413 e. The van der Waals surface area contributed by atoms with Crippen LogP contribution in [0.5, 0.6) is 0 Å². The van der Waals surface area contributed by atoms with E-state index in [0.29, 0.717) is 12.4 Å². The van der Waals surface area contributed by atoms with Crippen LogP contribution >= 0.6 is 0 Å². The lowest BCUT2D eigenvalue weighted by molar-refractivity contribution is 0.0635. The molecule has 0 aliphatic heterocycles. The number of hydrogen-bond donors (Lipinski definition) is 2. The summed E-state index contributed by atoms with van der Waals surface area (Å²) in [5.41, 5.74) is 5.77. The van der Waals surface area contributed by atoms with Crippen LogP contribution in [-0.2, 0) is 11.3 Å². The Bertz CT molecular complexity index is 372. The van der Waals surface area contributed by atoms with Gasteiger partial charge in [-0.25, -0.2) is 9.78 Å². The maximum atomic E-state index is 11.5. The van der Waals surface area contributed by atoms with Crippen molar-refractivity contribution in [1.82, 2.24) is 4.98 Å². The number of nitrogens with two attached hydrogens (primary N) is 1. The number of aromatic nitrogens is 1. The van der Waals surface area contributed by atoms with Gasteiger partial charge in [-0.05, 0) is 26.8 Å². The Morgan fingerprint density at radius 3 is 2.81 bits per heavy atom. The molecular weight excluding hydrogens is 206 g/mol. The number of hydrogen-bond acceptors (Lipinski definition) is 4. The van der Waals surface area contributed by atoms with Crippen LogP contribution in [-0.4, -0.2) is 16.7 Å². The summed E-state index contributed by atoms with van der Waals surface area (Å²) in [6.07, 6.45) is 1.06. The van der Waals surface area contributed by atoms with Gasteiger partial charge < -0.3 is 10.5 Å². The number of nitrogens with one attached hydrogen (secondary N) is 1. The molecule has 0 fully saturated rings. The van der Waals surface area contributed by atoms with Gasteiger partial charge in [-0.1, -0.05) is 6.07 Å². The molecule has 1 aromatic heterocycles. The summed E-state index contributed by atoms with van der Waals surface area (Å²) < 4.78 is 5.11. The van der Waals surface area contributed by atoms with Crippen molar-refractivity contribution >= 4 is 11.9 Å². The van der Waals surface area contributed by atoms with Gasteiger partial charge in [0.1, 0.15) is 11.4 Å². The molecule has 5 nitrogen and oxygen atoms in total. The van der Waals surface area contributed by atoms with Crippen LogP contribution in [0.1, 0.15) is 26.3 Å². The van der Waals surface area contributed by atoms with Crippen LogP contribution in [0.2, 0.25) is 0 Å². The molecular formula is C11H17N3O2. The van der Waals surface area contributed by atoms with Gasteiger partial charge in [-0.2, -0.15) is 0 Å². The number of rotatable bonds is 2. The van der Waals surface area contributed by atoms with E-state index in [4.69, 9.17) is 10.5 Å². The van der Waals surface area contributed by atoms with E-state index in [-0.39, 0.29) is 0 Å². The molecule has 0 atom stereocenters. The van der Waals surface area contributed by atoms with Gasteiger partial charge >= 0.3 is 6.09 Å². The van der Waals surface area contributed by atoms with Crippen molar-refractivity contribution in [2.75, 3.05) is 5.32 Å². The topological polar surface area (TPSA) is 77.2 Å². The summed E-state index contributed by atoms with van der Waals surface area (Å²) >= 11 is 0. The third-order valence-electron chi connectivity index (χ3n) is 1.73. The average molecular weight is 223 g/mol. The van der Waals surface area contributed by atoms with Gasteiger partial charge in [0, 0.05) is 18.3 Å². The number of amides is 1. The minimum Gasteiger partial charge on any atom is -0.444 e. The highest BCUT2D eigenvalue weighted by atomic mass is 16.6. The number of anilines is 1. The van der Waals surface area contributed by atoms with Crippen molar-refractivity contribution in [3.63, 3.8) is 0 Å². The molecule has 1 aromatic rings. The zero-order valence-electron chi connectivity index (χ0n) is 9.78. The molecule has 3 N–H and O–H groups in total. The minimum absolute atomic E-state index is 0.318. The fourth-order valence-electron chi connectivity index (χ4n) is 1.12. The van der Waals surface area contributed by atoms with Gasteiger partial charge in [0.05, 0.1) is 0 Å². The molecule has 0 bridgehead atoms. The monoisotopic (exact) mass is 223 g/mol. The third-order valence-corrected chi connectivity index (χ3v) is 1.73. The van der Waals surface area contributed by atoms with Crippen LogP contribution in [0.4, 0.5) is 10.6 Å². The fourth-order valence-corrected chi connectivity index (χ4v) is 1.12. The standard InChI is InChI=1S/C11H17N3O2/c1-11(2,3)16-10(15)14-9-8(7-12)5-4-6-13-9/h4-6H,7,12H2,1-3H3,(H,13,14,15). The van der Waals surface area contributed by atoms with E-state index in [0.717, 1.165) is 5.56 Å². The molecule has 0 saturated heterocycles. The van der Waals surface area contributed by atoms with E-state index >= 15 is 0 Å². The van der Waals surface area contributed by atoms with Gasteiger partial charge in [0.15, 0.2) is 0 Å². The number of carbonyl (C=O) groups excluding carboxylic acids is 1. The fraction of sp³-hybridized carbons (Fsp3) is 0.455. The van der Waals surface area contributed by atoms with Gasteiger partial charge in [-0.15, -0.1) is 0 Å². The molecule has 0 unspecified atom stereocenters. The Balaban J connectivity index is 2.70. The Labute approximate surface area is 95.0 Å². The second-order valence-electron chi connectivity index (χ2n) is 4.34. The molecule has 16 heavy (non-hydrogen) atoms. The third kappa shape index (κ3) is 3.86. The lowest BCUT2D eigenvalue weighted by Gasteiger charge is -2.19. The Kier molecular flexibility index (Phi) is 3.84. The predicted octanol–water partition coefficient (Wildman–Crippen LogP) is 1.89. The first-order valence-corrected chi connectivity index (χ1v) is 5.06. The first kappa shape index (κ1) is 12.4. The Morgan fingerprint density at radius 1 is 1.56 bits per heavy atom. The predicted molar refractivity (Wildman–Crippen MR) is 62.0 cm³/mol. The average Bonchev–Trinajstić information content (AvgIpc) is 2.15. The molecule has 0 saturated carbocycles. The Hall–Kier alpha value is -1.62. The quantitative estimate of drug-likeness (QED) is 0.802. The molecule has 5 heteroatoms. The highest BCUT2D eigenvalue weighted by molar-refractivity contribution is 5.84. The van der Waals surface area contributed by atoms with Crippen LogP contribution in [0, 0.1) is 0 Å². The molecule has 1 amide bonds. The summed E-state index contributed by atoms with van der Waals surface area (Å²) in [5, 5.41) is 2.57. The molecule has 1 heterocycles. The van der Waals surface area contributed by atoms with Crippen LogP contribution < -0.4 is 11.1 Å². The summed E-state index contributed by atoms with van der Waals surface area (Å²) in [5.74, 6) is 0.444. The number of pyridine rings is 1. The summed E-state index contributed by atoms with van der Waals surface area (Å²) in [6.45, 7) is 5.72. The number of carbonyl (C=O) groups is 1. The van der Waals surface area contributed by atoms with Crippen LogP contribution in [0.25, 0.3) is 0 Å². The lowest BCUT2D eigenvalue weighted by atomic mass is 10.2. The molecule has 0 aliphatic carbocycles. The molecule has 0 aromatic carbocycles. The first-order valence-electron chi connectivity index (χ1n) is 5.06. The van der Waals surface area contributed by atoms with Gasteiger partial charge in [0.25, 0.3) is 0 Å². The minimum atomic E-state index is -0.527. The van der Waals surface area contributed by atoms with Crippen LogP contribution in [0.15, 0.2) is 18.3 Å². The largest absolute Gasteiger partial charge is 0.444 e. The van der Waals surface area contributed by atoms with E-state index in [1.54, 1.807) is 39.1 Å². The second-order valence-corrected chi connectivity index (χ2v) is 4.34. The Morgan fingerprint density at radius 2 is 2.25 bits per heavy atom. The van der Waals surface area contributed by atoms with Crippen molar-refractivity contribution in [3.8, 4) is 0 Å². The van der Waals surface area contributed by atoms with Crippen molar-refractivity contribution in [1.29, 1.82) is 0 Å².